The minimum absolute atomic E-state index is 0.0440. The first kappa shape index (κ1) is 22.9. The van der Waals surface area contributed by atoms with E-state index in [1.807, 2.05) is 4.90 Å². The molecule has 1 aliphatic rings. The van der Waals surface area contributed by atoms with Crippen LogP contribution in [0.5, 0.6) is 0 Å². The molecule has 2 aromatic carbocycles. The molecule has 5 nitrogen and oxygen atoms in total. The van der Waals surface area contributed by atoms with Crippen LogP contribution in [-0.2, 0) is 23.9 Å². The van der Waals surface area contributed by atoms with Crippen LogP contribution in [0, 0.1) is 5.82 Å². The summed E-state index contributed by atoms with van der Waals surface area (Å²) in [6, 6.07) is 10.8. The number of halogens is 4. The lowest BCUT2D eigenvalue weighted by Gasteiger charge is -2.29. The standard InChI is InChI=1S/C22H26F4N4O/c1-27-21(28-9-8-16-4-2-3-5-20(16)23)29-15-17-6-7-18(14-19(17)22(24,25)26)30-10-12-31-13-11-30/h2-7,14H,8-13,15H2,1H3,(H2,27,28,29). The Hall–Kier alpha value is -2.81. The number of nitrogens with one attached hydrogen (secondary N) is 2. The van der Waals surface area contributed by atoms with E-state index in [2.05, 4.69) is 15.6 Å². The third kappa shape index (κ3) is 6.33. The highest BCUT2D eigenvalue weighted by Crippen LogP contribution is 2.35. The molecule has 0 aliphatic carbocycles. The normalized spacial score (nSPS) is 15.1. The number of hydrogen-bond acceptors (Lipinski definition) is 3. The summed E-state index contributed by atoms with van der Waals surface area (Å²) in [7, 11) is 1.53. The van der Waals surface area contributed by atoms with E-state index in [4.69, 9.17) is 4.74 Å². The highest BCUT2D eigenvalue weighted by molar-refractivity contribution is 5.79. The predicted molar refractivity (Wildman–Crippen MR) is 113 cm³/mol. The molecule has 2 N–H and O–H groups in total. The van der Waals surface area contributed by atoms with Gasteiger partial charge in [0, 0.05) is 38.9 Å². The van der Waals surface area contributed by atoms with E-state index in [9.17, 15) is 17.6 Å². The van der Waals surface area contributed by atoms with Gasteiger partial charge in [-0.1, -0.05) is 24.3 Å². The lowest BCUT2D eigenvalue weighted by atomic mass is 10.0. The summed E-state index contributed by atoms with van der Waals surface area (Å²) in [6.07, 6.45) is -4.05. The third-order valence-electron chi connectivity index (χ3n) is 5.09. The zero-order valence-corrected chi connectivity index (χ0v) is 17.3. The SMILES string of the molecule is CN=C(NCCc1ccccc1F)NCc1ccc(N2CCOCC2)cc1C(F)(F)F. The Morgan fingerprint density at radius 1 is 1.06 bits per heavy atom. The average molecular weight is 438 g/mol. The summed E-state index contributed by atoms with van der Waals surface area (Å²) in [4.78, 5) is 5.92. The zero-order valence-electron chi connectivity index (χ0n) is 17.3. The van der Waals surface area contributed by atoms with Crippen LogP contribution in [0.15, 0.2) is 47.5 Å². The van der Waals surface area contributed by atoms with Crippen LogP contribution in [0.2, 0.25) is 0 Å². The second kappa shape index (κ2) is 10.5. The molecule has 0 amide bonds. The lowest BCUT2D eigenvalue weighted by Crippen LogP contribution is -2.38. The number of anilines is 1. The fourth-order valence-corrected chi connectivity index (χ4v) is 3.42. The Morgan fingerprint density at radius 2 is 1.81 bits per heavy atom. The molecule has 1 saturated heterocycles. The zero-order chi connectivity index (χ0) is 22.3. The number of guanidine groups is 1. The van der Waals surface area contributed by atoms with Crippen molar-refractivity contribution in [3.8, 4) is 0 Å². The number of aliphatic imine (C=N–C) groups is 1. The van der Waals surface area contributed by atoms with E-state index in [0.717, 1.165) is 0 Å². The molecule has 0 unspecified atom stereocenters. The van der Waals surface area contributed by atoms with Crippen LogP contribution < -0.4 is 15.5 Å². The number of benzene rings is 2. The summed E-state index contributed by atoms with van der Waals surface area (Å²) >= 11 is 0. The maximum Gasteiger partial charge on any atom is 0.416 e. The largest absolute Gasteiger partial charge is 0.416 e. The van der Waals surface area contributed by atoms with Crippen molar-refractivity contribution in [2.24, 2.45) is 4.99 Å². The van der Waals surface area contributed by atoms with Gasteiger partial charge in [0.15, 0.2) is 5.96 Å². The molecule has 0 atom stereocenters. The second-order valence-corrected chi connectivity index (χ2v) is 7.13. The minimum atomic E-state index is -4.47. The van der Waals surface area contributed by atoms with Crippen LogP contribution in [0.3, 0.4) is 0 Å². The topological polar surface area (TPSA) is 48.9 Å². The maximum absolute atomic E-state index is 13.7. The summed E-state index contributed by atoms with van der Waals surface area (Å²) < 4.78 is 60.0. The highest BCUT2D eigenvalue weighted by Gasteiger charge is 2.34. The quantitative estimate of drug-likeness (QED) is 0.411. The lowest BCUT2D eigenvalue weighted by molar-refractivity contribution is -0.138. The summed E-state index contributed by atoms with van der Waals surface area (Å²) in [6.45, 7) is 2.47. The van der Waals surface area contributed by atoms with Gasteiger partial charge in [0.25, 0.3) is 0 Å². The van der Waals surface area contributed by atoms with Crippen molar-refractivity contribution in [1.82, 2.24) is 10.6 Å². The predicted octanol–water partition coefficient (Wildman–Crippen LogP) is 3.59. The molecule has 9 heteroatoms. The van der Waals surface area contributed by atoms with E-state index in [-0.39, 0.29) is 17.9 Å². The Kier molecular flexibility index (Phi) is 7.73. The van der Waals surface area contributed by atoms with E-state index >= 15 is 0 Å². The molecule has 0 saturated carbocycles. The average Bonchev–Trinajstić information content (AvgIpc) is 2.77. The molecule has 1 heterocycles. The van der Waals surface area contributed by atoms with Crippen LogP contribution in [0.1, 0.15) is 16.7 Å². The first-order chi connectivity index (χ1) is 14.9. The fraction of sp³-hybridized carbons (Fsp3) is 0.409. The summed E-state index contributed by atoms with van der Waals surface area (Å²) in [5.74, 6) is 0.0594. The van der Waals surface area contributed by atoms with Gasteiger partial charge in [0.2, 0.25) is 0 Å². The van der Waals surface area contributed by atoms with Crippen molar-refractivity contribution in [2.75, 3.05) is 44.8 Å². The summed E-state index contributed by atoms with van der Waals surface area (Å²) in [5, 5.41) is 5.92. The molecular weight excluding hydrogens is 412 g/mol. The molecule has 2 aromatic rings. The minimum Gasteiger partial charge on any atom is -0.378 e. The summed E-state index contributed by atoms with van der Waals surface area (Å²) in [5.41, 5.74) is 0.544. The Labute approximate surface area is 179 Å². The van der Waals surface area contributed by atoms with E-state index in [0.29, 0.717) is 56.5 Å². The monoisotopic (exact) mass is 438 g/mol. The molecule has 1 fully saturated rings. The van der Waals surface area contributed by atoms with Gasteiger partial charge in [-0.25, -0.2) is 4.39 Å². The first-order valence-corrected chi connectivity index (χ1v) is 10.1. The number of rotatable bonds is 6. The number of alkyl halides is 3. The smallest absolute Gasteiger partial charge is 0.378 e. The fourth-order valence-electron chi connectivity index (χ4n) is 3.42. The third-order valence-corrected chi connectivity index (χ3v) is 5.09. The van der Waals surface area contributed by atoms with Gasteiger partial charge >= 0.3 is 6.18 Å². The molecule has 0 radical (unpaired) electrons. The number of hydrogen-bond donors (Lipinski definition) is 2. The van der Waals surface area contributed by atoms with Gasteiger partial charge in [-0.15, -0.1) is 0 Å². The van der Waals surface area contributed by atoms with Crippen LogP contribution in [0.25, 0.3) is 0 Å². The van der Waals surface area contributed by atoms with Gasteiger partial charge in [-0.05, 0) is 35.7 Å². The Balaban J connectivity index is 1.62. The molecule has 0 aromatic heterocycles. The van der Waals surface area contributed by atoms with Gasteiger partial charge in [0.1, 0.15) is 5.82 Å². The Morgan fingerprint density at radius 3 is 2.48 bits per heavy atom. The van der Waals surface area contributed by atoms with Gasteiger partial charge < -0.3 is 20.3 Å². The van der Waals surface area contributed by atoms with Gasteiger partial charge in [-0.2, -0.15) is 13.2 Å². The van der Waals surface area contributed by atoms with Crippen molar-refractivity contribution < 1.29 is 22.3 Å². The van der Waals surface area contributed by atoms with Crippen molar-refractivity contribution in [2.45, 2.75) is 19.1 Å². The molecule has 31 heavy (non-hydrogen) atoms. The van der Waals surface area contributed by atoms with Crippen LogP contribution in [0.4, 0.5) is 23.2 Å². The van der Waals surface area contributed by atoms with E-state index in [1.54, 1.807) is 24.3 Å². The second-order valence-electron chi connectivity index (χ2n) is 7.13. The van der Waals surface area contributed by atoms with Crippen molar-refractivity contribution >= 4 is 11.6 Å². The van der Waals surface area contributed by atoms with Crippen molar-refractivity contribution in [1.29, 1.82) is 0 Å². The number of nitrogens with zero attached hydrogens (tertiary/aromatic N) is 2. The number of morpholine rings is 1. The van der Waals surface area contributed by atoms with Crippen LogP contribution >= 0.6 is 0 Å². The molecule has 3 rings (SSSR count). The maximum atomic E-state index is 13.7. The number of ether oxygens (including phenoxy) is 1. The Bertz CT molecular complexity index is 895. The molecule has 0 bridgehead atoms. The first-order valence-electron chi connectivity index (χ1n) is 10.1. The highest BCUT2D eigenvalue weighted by atomic mass is 19.4. The molecule has 1 aliphatic heterocycles. The van der Waals surface area contributed by atoms with Gasteiger partial charge in [0.05, 0.1) is 18.8 Å². The van der Waals surface area contributed by atoms with Crippen molar-refractivity contribution in [3.05, 3.63) is 65.0 Å². The molecular formula is C22H26F4N4O. The van der Waals surface area contributed by atoms with Crippen molar-refractivity contribution in [3.63, 3.8) is 0 Å². The van der Waals surface area contributed by atoms with Crippen LogP contribution in [-0.4, -0.2) is 45.9 Å². The molecule has 168 valence electrons. The van der Waals surface area contributed by atoms with Gasteiger partial charge in [-0.3, -0.25) is 4.99 Å². The van der Waals surface area contributed by atoms with E-state index < -0.39 is 11.7 Å². The molecule has 0 spiro atoms. The van der Waals surface area contributed by atoms with E-state index in [1.165, 1.54) is 25.2 Å².